The number of fused-ring (bicyclic) bond motifs is 1. The van der Waals surface area contributed by atoms with Gasteiger partial charge in [-0.3, -0.25) is 9.78 Å². The van der Waals surface area contributed by atoms with Crippen molar-refractivity contribution in [2.75, 3.05) is 7.11 Å². The molecule has 0 aliphatic carbocycles. The number of benzene rings is 1. The topological polar surface area (TPSA) is 128 Å². The Bertz CT molecular complexity index is 1260. The molecular weight excluding hydrogens is 432 g/mol. The normalized spacial score (nSPS) is 11.1. The Labute approximate surface area is 165 Å². The van der Waals surface area contributed by atoms with E-state index in [4.69, 9.17) is 9.84 Å². The number of aromatic amines is 1. The van der Waals surface area contributed by atoms with Crippen molar-refractivity contribution in [1.82, 2.24) is 29.3 Å². The lowest BCUT2D eigenvalue weighted by atomic mass is 10.2. The van der Waals surface area contributed by atoms with Gasteiger partial charge in [-0.15, -0.1) is 0 Å². The van der Waals surface area contributed by atoms with Gasteiger partial charge in [0, 0.05) is 10.7 Å². The highest BCUT2D eigenvalue weighted by Crippen LogP contribution is 2.24. The summed E-state index contributed by atoms with van der Waals surface area (Å²) in [6.45, 7) is 0.393. The highest BCUT2D eigenvalue weighted by Gasteiger charge is 2.15. The smallest absolute Gasteiger partial charge is 0.338 e. The zero-order valence-electron chi connectivity index (χ0n) is 14.5. The van der Waals surface area contributed by atoms with Crippen molar-refractivity contribution < 1.29 is 14.6 Å². The lowest BCUT2D eigenvalue weighted by Gasteiger charge is -2.09. The summed E-state index contributed by atoms with van der Waals surface area (Å²) in [6, 6.07) is 5.57. The minimum absolute atomic E-state index is 0.0171. The van der Waals surface area contributed by atoms with Crippen LogP contribution in [0, 0.1) is 0 Å². The Balaban J connectivity index is 1.79. The summed E-state index contributed by atoms with van der Waals surface area (Å²) in [7, 11) is 1.59. The van der Waals surface area contributed by atoms with E-state index in [-0.39, 0.29) is 17.0 Å². The number of aromatic carboxylic acids is 1. The molecule has 0 bridgehead atoms. The molecule has 0 radical (unpaired) electrons. The van der Waals surface area contributed by atoms with Crippen LogP contribution in [0.25, 0.3) is 17.1 Å². The number of rotatable bonds is 5. The van der Waals surface area contributed by atoms with Crippen LogP contribution in [-0.2, 0) is 6.54 Å². The van der Waals surface area contributed by atoms with E-state index in [2.05, 4.69) is 36.0 Å². The van der Waals surface area contributed by atoms with E-state index in [1.165, 1.54) is 23.4 Å². The summed E-state index contributed by atoms with van der Waals surface area (Å²) in [4.78, 5) is 34.6. The molecule has 0 aliphatic heterocycles. The molecule has 0 fully saturated rings. The second kappa shape index (κ2) is 6.93. The van der Waals surface area contributed by atoms with Gasteiger partial charge in [-0.05, 0) is 23.8 Å². The first-order valence-electron chi connectivity index (χ1n) is 8.02. The molecule has 0 atom stereocenters. The van der Waals surface area contributed by atoms with Gasteiger partial charge in [-0.25, -0.2) is 14.5 Å². The van der Waals surface area contributed by atoms with Crippen molar-refractivity contribution in [2.45, 2.75) is 6.54 Å². The quantitative estimate of drug-likeness (QED) is 0.480. The van der Waals surface area contributed by atoms with Gasteiger partial charge >= 0.3 is 5.97 Å². The summed E-state index contributed by atoms with van der Waals surface area (Å²) in [6.07, 6.45) is 3.97. The van der Waals surface area contributed by atoms with Crippen molar-refractivity contribution in [2.24, 2.45) is 0 Å². The monoisotopic (exact) mass is 444 g/mol. The largest absolute Gasteiger partial charge is 0.497 e. The van der Waals surface area contributed by atoms with Crippen LogP contribution in [0.15, 0.2) is 46.2 Å². The zero-order valence-corrected chi connectivity index (χ0v) is 16.0. The number of halogens is 1. The molecule has 0 saturated heterocycles. The first kappa shape index (κ1) is 17.9. The van der Waals surface area contributed by atoms with E-state index in [9.17, 15) is 9.59 Å². The highest BCUT2D eigenvalue weighted by molar-refractivity contribution is 9.10. The SMILES string of the molecule is COc1ccc(Br)c(Cn2cnc3c(=O)[nH]c(-n4cc(C(=O)O)cn4)nc32)c1. The molecule has 4 rings (SSSR count). The maximum Gasteiger partial charge on any atom is 0.338 e. The maximum atomic E-state index is 12.4. The van der Waals surface area contributed by atoms with E-state index in [0.717, 1.165) is 10.0 Å². The minimum Gasteiger partial charge on any atom is -0.497 e. The fourth-order valence-corrected chi connectivity index (χ4v) is 3.07. The number of methoxy groups -OCH3 is 1. The lowest BCUT2D eigenvalue weighted by molar-refractivity contribution is 0.0697. The predicted molar refractivity (Wildman–Crippen MR) is 102 cm³/mol. The van der Waals surface area contributed by atoms with Gasteiger partial charge in [0.25, 0.3) is 5.56 Å². The predicted octanol–water partition coefficient (Wildman–Crippen LogP) is 1.82. The lowest BCUT2D eigenvalue weighted by Crippen LogP contribution is -2.15. The van der Waals surface area contributed by atoms with Gasteiger partial charge in [0.15, 0.2) is 11.2 Å². The zero-order chi connectivity index (χ0) is 19.8. The number of carboxylic acids is 1. The summed E-state index contributed by atoms with van der Waals surface area (Å²) >= 11 is 3.50. The third-order valence-electron chi connectivity index (χ3n) is 4.10. The van der Waals surface area contributed by atoms with Crippen LogP contribution in [0.1, 0.15) is 15.9 Å². The number of nitrogens with one attached hydrogen (secondary N) is 1. The van der Waals surface area contributed by atoms with E-state index in [1.54, 1.807) is 11.7 Å². The van der Waals surface area contributed by atoms with E-state index < -0.39 is 11.5 Å². The van der Waals surface area contributed by atoms with E-state index in [0.29, 0.717) is 17.9 Å². The van der Waals surface area contributed by atoms with Crippen LogP contribution in [0.4, 0.5) is 0 Å². The van der Waals surface area contributed by atoms with Gasteiger partial charge in [-0.2, -0.15) is 10.1 Å². The third kappa shape index (κ3) is 3.16. The summed E-state index contributed by atoms with van der Waals surface area (Å²) < 4.78 is 9.05. The van der Waals surface area contributed by atoms with Crippen LogP contribution in [0.3, 0.4) is 0 Å². The number of imidazole rings is 1. The molecule has 0 amide bonds. The number of hydrogen-bond acceptors (Lipinski definition) is 6. The van der Waals surface area contributed by atoms with Crippen LogP contribution in [0.5, 0.6) is 5.75 Å². The molecule has 0 aliphatic rings. The Morgan fingerprint density at radius 2 is 2.21 bits per heavy atom. The van der Waals surface area contributed by atoms with Gasteiger partial charge in [-0.1, -0.05) is 15.9 Å². The van der Waals surface area contributed by atoms with Crippen LogP contribution in [-0.4, -0.2) is 47.5 Å². The molecule has 28 heavy (non-hydrogen) atoms. The molecule has 10 nitrogen and oxygen atoms in total. The molecule has 0 saturated carbocycles. The molecular formula is C17H13BrN6O4. The van der Waals surface area contributed by atoms with Gasteiger partial charge in [0.05, 0.1) is 31.7 Å². The number of nitrogens with zero attached hydrogens (tertiary/aromatic N) is 5. The Kier molecular flexibility index (Phi) is 4.43. The number of hydrogen-bond donors (Lipinski definition) is 2. The average Bonchev–Trinajstić information content (AvgIpc) is 3.31. The van der Waals surface area contributed by atoms with Gasteiger partial charge in [0.2, 0.25) is 5.95 Å². The first-order chi connectivity index (χ1) is 13.5. The molecule has 0 spiro atoms. The van der Waals surface area contributed by atoms with E-state index >= 15 is 0 Å². The average molecular weight is 445 g/mol. The Morgan fingerprint density at radius 1 is 1.39 bits per heavy atom. The van der Waals surface area contributed by atoms with Crippen molar-refractivity contribution in [3.63, 3.8) is 0 Å². The fraction of sp³-hybridized carbons (Fsp3) is 0.118. The molecule has 4 aromatic rings. The van der Waals surface area contributed by atoms with Crippen LogP contribution in [0.2, 0.25) is 0 Å². The second-order valence-corrected chi connectivity index (χ2v) is 6.72. The number of carboxylic acid groups (broad SMARTS) is 1. The fourth-order valence-electron chi connectivity index (χ4n) is 2.70. The molecule has 142 valence electrons. The Morgan fingerprint density at radius 3 is 2.93 bits per heavy atom. The number of aromatic nitrogens is 6. The van der Waals surface area contributed by atoms with Crippen LogP contribution < -0.4 is 10.3 Å². The number of H-pyrrole nitrogens is 1. The van der Waals surface area contributed by atoms with Crippen molar-refractivity contribution >= 4 is 33.1 Å². The summed E-state index contributed by atoms with van der Waals surface area (Å²) in [5, 5.41) is 13.0. The van der Waals surface area contributed by atoms with Crippen molar-refractivity contribution in [3.05, 3.63) is 62.9 Å². The highest BCUT2D eigenvalue weighted by atomic mass is 79.9. The first-order valence-corrected chi connectivity index (χ1v) is 8.81. The van der Waals surface area contributed by atoms with Gasteiger partial charge < -0.3 is 14.4 Å². The van der Waals surface area contributed by atoms with Crippen LogP contribution >= 0.6 is 15.9 Å². The molecule has 0 unspecified atom stereocenters. The van der Waals surface area contributed by atoms with E-state index in [1.807, 2.05) is 18.2 Å². The summed E-state index contributed by atoms with van der Waals surface area (Å²) in [5.41, 5.74) is 0.969. The standard InChI is InChI=1S/C17H13BrN6O4/c1-28-11-2-3-12(18)9(4-11)6-23-8-19-13-14(23)21-17(22-15(13)25)24-7-10(5-20-24)16(26)27/h2-5,7-8H,6H2,1H3,(H,26,27)(H,21,22,25). The minimum atomic E-state index is -1.12. The summed E-state index contributed by atoms with van der Waals surface area (Å²) in [5.74, 6) is -0.328. The molecule has 3 heterocycles. The maximum absolute atomic E-state index is 12.4. The third-order valence-corrected chi connectivity index (χ3v) is 4.88. The second-order valence-electron chi connectivity index (χ2n) is 5.87. The Hall–Kier alpha value is -3.47. The number of ether oxygens (including phenoxy) is 1. The van der Waals surface area contributed by atoms with Crippen molar-refractivity contribution in [3.8, 4) is 11.7 Å². The van der Waals surface area contributed by atoms with Crippen molar-refractivity contribution in [1.29, 1.82) is 0 Å². The molecule has 2 N–H and O–H groups in total. The number of carbonyl (C=O) groups is 1. The van der Waals surface area contributed by atoms with Gasteiger partial charge in [0.1, 0.15) is 5.75 Å². The molecule has 3 aromatic heterocycles. The molecule has 1 aromatic carbocycles. The molecule has 11 heteroatoms.